The SMILES string of the molecule is CCOC(=O)C(=O)c1cc(F)c(OC)c(C(=O)OC)c1. The Labute approximate surface area is 114 Å². The number of hydrogen-bond donors (Lipinski definition) is 0. The van der Waals surface area contributed by atoms with Crippen molar-refractivity contribution < 1.29 is 33.0 Å². The summed E-state index contributed by atoms with van der Waals surface area (Å²) in [5.41, 5.74) is -0.607. The van der Waals surface area contributed by atoms with Crippen molar-refractivity contribution in [2.75, 3.05) is 20.8 Å². The van der Waals surface area contributed by atoms with E-state index in [4.69, 9.17) is 4.74 Å². The van der Waals surface area contributed by atoms with Crippen LogP contribution in [-0.4, -0.2) is 38.5 Å². The average Bonchev–Trinajstić information content (AvgIpc) is 2.44. The number of methoxy groups -OCH3 is 2. The molecule has 0 aliphatic rings. The van der Waals surface area contributed by atoms with Crippen LogP contribution in [0.4, 0.5) is 4.39 Å². The zero-order valence-electron chi connectivity index (χ0n) is 11.2. The van der Waals surface area contributed by atoms with Crippen LogP contribution in [0.2, 0.25) is 0 Å². The number of ketones is 1. The summed E-state index contributed by atoms with van der Waals surface area (Å²) in [5, 5.41) is 0. The van der Waals surface area contributed by atoms with Crippen LogP contribution in [0.5, 0.6) is 5.75 Å². The number of ether oxygens (including phenoxy) is 3. The minimum absolute atomic E-state index is 0.00701. The van der Waals surface area contributed by atoms with E-state index in [9.17, 15) is 18.8 Å². The van der Waals surface area contributed by atoms with Gasteiger partial charge in [0, 0.05) is 5.56 Å². The molecule has 6 nitrogen and oxygen atoms in total. The number of rotatable bonds is 5. The molecule has 0 bridgehead atoms. The second-order valence-corrected chi connectivity index (χ2v) is 3.58. The Balaban J connectivity index is 3.30. The van der Waals surface area contributed by atoms with Gasteiger partial charge in [0.1, 0.15) is 5.56 Å². The van der Waals surface area contributed by atoms with E-state index in [0.717, 1.165) is 26.4 Å². The molecule has 0 N–H and O–H groups in total. The first kappa shape index (κ1) is 15.6. The smallest absolute Gasteiger partial charge is 0.379 e. The van der Waals surface area contributed by atoms with Gasteiger partial charge in [0.15, 0.2) is 11.6 Å². The molecule has 1 rings (SSSR count). The van der Waals surface area contributed by atoms with Gasteiger partial charge >= 0.3 is 11.9 Å². The Kier molecular flexibility index (Phi) is 5.19. The molecule has 7 heteroatoms. The van der Waals surface area contributed by atoms with Crippen molar-refractivity contribution in [2.45, 2.75) is 6.92 Å². The first-order chi connectivity index (χ1) is 9.46. The van der Waals surface area contributed by atoms with Crippen molar-refractivity contribution in [3.8, 4) is 5.75 Å². The van der Waals surface area contributed by atoms with Crippen LogP contribution in [0.1, 0.15) is 27.6 Å². The third-order valence-corrected chi connectivity index (χ3v) is 2.38. The van der Waals surface area contributed by atoms with E-state index in [0.29, 0.717) is 0 Å². The molecular formula is C13H13FO6. The molecule has 0 aromatic heterocycles. The summed E-state index contributed by atoms with van der Waals surface area (Å²) in [7, 11) is 2.26. The number of Topliss-reactive ketones (excluding diaryl/α,β-unsaturated/α-hetero) is 1. The lowest BCUT2D eigenvalue weighted by Gasteiger charge is -2.09. The Bertz CT molecular complexity index is 552. The van der Waals surface area contributed by atoms with Gasteiger partial charge in [-0.1, -0.05) is 0 Å². The molecule has 0 saturated carbocycles. The fourth-order valence-corrected chi connectivity index (χ4v) is 1.51. The number of carbonyl (C=O) groups is 3. The van der Waals surface area contributed by atoms with E-state index in [1.807, 2.05) is 0 Å². The summed E-state index contributed by atoms with van der Waals surface area (Å²) >= 11 is 0. The predicted octanol–water partition coefficient (Wildman–Crippen LogP) is 1.37. The van der Waals surface area contributed by atoms with Gasteiger partial charge in [-0.2, -0.15) is 0 Å². The normalized spacial score (nSPS) is 9.80. The molecule has 0 heterocycles. The highest BCUT2D eigenvalue weighted by atomic mass is 19.1. The minimum Gasteiger partial charge on any atom is -0.493 e. The molecule has 0 unspecified atom stereocenters. The van der Waals surface area contributed by atoms with Crippen LogP contribution >= 0.6 is 0 Å². The molecule has 0 aliphatic carbocycles. The van der Waals surface area contributed by atoms with Gasteiger partial charge in [0.05, 0.1) is 20.8 Å². The Morgan fingerprint density at radius 1 is 1.20 bits per heavy atom. The topological polar surface area (TPSA) is 78.9 Å². The highest BCUT2D eigenvalue weighted by Crippen LogP contribution is 2.25. The summed E-state index contributed by atoms with van der Waals surface area (Å²) in [6.07, 6.45) is 0. The molecule has 0 radical (unpaired) electrons. The highest BCUT2D eigenvalue weighted by molar-refractivity contribution is 6.40. The lowest BCUT2D eigenvalue weighted by atomic mass is 10.1. The van der Waals surface area contributed by atoms with Crippen LogP contribution in [0.25, 0.3) is 0 Å². The molecule has 0 aliphatic heterocycles. The van der Waals surface area contributed by atoms with Crippen LogP contribution in [0.3, 0.4) is 0 Å². The summed E-state index contributed by atoms with van der Waals surface area (Å²) in [6.45, 7) is 1.53. The summed E-state index contributed by atoms with van der Waals surface area (Å²) in [6, 6.07) is 1.82. The fraction of sp³-hybridized carbons (Fsp3) is 0.308. The zero-order chi connectivity index (χ0) is 15.3. The average molecular weight is 284 g/mol. The molecule has 0 spiro atoms. The highest BCUT2D eigenvalue weighted by Gasteiger charge is 2.24. The first-order valence-electron chi connectivity index (χ1n) is 5.63. The van der Waals surface area contributed by atoms with Crippen molar-refractivity contribution in [3.63, 3.8) is 0 Å². The molecule has 0 atom stereocenters. The molecule has 0 saturated heterocycles. The maximum absolute atomic E-state index is 13.8. The van der Waals surface area contributed by atoms with E-state index in [1.54, 1.807) is 0 Å². The first-order valence-corrected chi connectivity index (χ1v) is 5.63. The second-order valence-electron chi connectivity index (χ2n) is 3.58. The number of hydrogen-bond acceptors (Lipinski definition) is 6. The third kappa shape index (κ3) is 3.11. The maximum Gasteiger partial charge on any atom is 0.379 e. The van der Waals surface area contributed by atoms with E-state index < -0.39 is 23.5 Å². The van der Waals surface area contributed by atoms with Crippen molar-refractivity contribution >= 4 is 17.7 Å². The zero-order valence-corrected chi connectivity index (χ0v) is 11.2. The van der Waals surface area contributed by atoms with Crippen LogP contribution in [-0.2, 0) is 14.3 Å². The predicted molar refractivity (Wildman–Crippen MR) is 65.3 cm³/mol. The van der Waals surface area contributed by atoms with Crippen LogP contribution in [0.15, 0.2) is 12.1 Å². The van der Waals surface area contributed by atoms with Crippen LogP contribution < -0.4 is 4.74 Å². The van der Waals surface area contributed by atoms with E-state index in [1.165, 1.54) is 6.92 Å². The third-order valence-electron chi connectivity index (χ3n) is 2.38. The molecule has 0 amide bonds. The van der Waals surface area contributed by atoms with Crippen molar-refractivity contribution in [2.24, 2.45) is 0 Å². The Morgan fingerprint density at radius 2 is 1.85 bits per heavy atom. The summed E-state index contributed by atoms with van der Waals surface area (Å²) in [5.74, 6) is -4.40. The summed E-state index contributed by atoms with van der Waals surface area (Å²) < 4.78 is 27.5. The second kappa shape index (κ2) is 6.65. The van der Waals surface area contributed by atoms with Crippen molar-refractivity contribution in [3.05, 3.63) is 29.1 Å². The fourth-order valence-electron chi connectivity index (χ4n) is 1.51. The maximum atomic E-state index is 13.8. The largest absolute Gasteiger partial charge is 0.493 e. The monoisotopic (exact) mass is 284 g/mol. The lowest BCUT2D eigenvalue weighted by Crippen LogP contribution is -2.19. The van der Waals surface area contributed by atoms with E-state index in [-0.39, 0.29) is 23.5 Å². The van der Waals surface area contributed by atoms with Crippen molar-refractivity contribution in [1.82, 2.24) is 0 Å². The van der Waals surface area contributed by atoms with Crippen LogP contribution in [0, 0.1) is 5.82 Å². The number of esters is 2. The van der Waals surface area contributed by atoms with E-state index >= 15 is 0 Å². The van der Waals surface area contributed by atoms with Gasteiger partial charge in [-0.05, 0) is 19.1 Å². The quantitative estimate of drug-likeness (QED) is 0.461. The summed E-state index contributed by atoms with van der Waals surface area (Å²) in [4.78, 5) is 34.6. The molecule has 0 fully saturated rings. The number of halogens is 1. The lowest BCUT2D eigenvalue weighted by molar-refractivity contribution is -0.137. The number of benzene rings is 1. The van der Waals surface area contributed by atoms with Gasteiger partial charge in [-0.3, -0.25) is 4.79 Å². The standard InChI is InChI=1S/C13H13FO6/c1-4-20-13(17)10(15)7-5-8(12(16)19-3)11(18-2)9(14)6-7/h5-6H,4H2,1-3H3. The number of carbonyl (C=O) groups excluding carboxylic acids is 3. The van der Waals surface area contributed by atoms with Gasteiger partial charge in [0.2, 0.25) is 0 Å². The molecular weight excluding hydrogens is 271 g/mol. The molecule has 1 aromatic rings. The van der Waals surface area contributed by atoms with Gasteiger partial charge in [-0.15, -0.1) is 0 Å². The molecule has 20 heavy (non-hydrogen) atoms. The van der Waals surface area contributed by atoms with Gasteiger partial charge in [0.25, 0.3) is 5.78 Å². The van der Waals surface area contributed by atoms with Crippen molar-refractivity contribution in [1.29, 1.82) is 0 Å². The van der Waals surface area contributed by atoms with E-state index in [2.05, 4.69) is 9.47 Å². The van der Waals surface area contributed by atoms with Gasteiger partial charge < -0.3 is 14.2 Å². The Hall–Kier alpha value is -2.44. The molecule has 108 valence electrons. The van der Waals surface area contributed by atoms with Gasteiger partial charge in [-0.25, -0.2) is 14.0 Å². The minimum atomic E-state index is -1.13. The Morgan fingerprint density at radius 3 is 2.35 bits per heavy atom. The molecule has 1 aromatic carbocycles.